The average molecular weight is 299 g/mol. The monoisotopic (exact) mass is 298 g/mol. The molecule has 1 aromatic carbocycles. The van der Waals surface area contributed by atoms with Crippen molar-refractivity contribution < 1.29 is 4.74 Å². The zero-order chi connectivity index (χ0) is 11.5. The Morgan fingerprint density at radius 3 is 2.81 bits per heavy atom. The molecule has 0 atom stereocenters. The molecular weight excluding hydrogens is 288 g/mol. The molecule has 0 unspecified atom stereocenters. The summed E-state index contributed by atoms with van der Waals surface area (Å²) in [4.78, 5) is 4.47. The van der Waals surface area contributed by atoms with Gasteiger partial charge in [-0.2, -0.15) is 0 Å². The Morgan fingerprint density at radius 1 is 1.44 bits per heavy atom. The van der Waals surface area contributed by atoms with Gasteiger partial charge in [0.1, 0.15) is 10.8 Å². The van der Waals surface area contributed by atoms with Gasteiger partial charge in [0.2, 0.25) is 0 Å². The number of methoxy groups -OCH3 is 1. The van der Waals surface area contributed by atoms with Crippen LogP contribution in [0, 0.1) is 0 Å². The van der Waals surface area contributed by atoms with Crippen molar-refractivity contribution in [2.75, 3.05) is 7.11 Å². The van der Waals surface area contributed by atoms with Crippen molar-refractivity contribution in [3.8, 4) is 16.3 Å². The summed E-state index contributed by atoms with van der Waals surface area (Å²) in [6.45, 7) is 0.437. The summed E-state index contributed by atoms with van der Waals surface area (Å²) >= 11 is 5.02. The normalized spacial score (nSPS) is 10.4. The van der Waals surface area contributed by atoms with Crippen molar-refractivity contribution in [3.63, 3.8) is 0 Å². The molecule has 0 aliphatic rings. The molecule has 0 amide bonds. The first kappa shape index (κ1) is 11.6. The SMILES string of the molecule is COc1ccccc1-c1nc(CN)c(Br)s1. The largest absolute Gasteiger partial charge is 0.496 e. The van der Waals surface area contributed by atoms with Gasteiger partial charge in [-0.25, -0.2) is 4.98 Å². The molecule has 1 aromatic heterocycles. The van der Waals surface area contributed by atoms with E-state index in [-0.39, 0.29) is 0 Å². The van der Waals surface area contributed by atoms with Crippen LogP contribution in [-0.2, 0) is 6.54 Å². The molecule has 0 saturated heterocycles. The number of benzene rings is 1. The van der Waals surface area contributed by atoms with Crippen LogP contribution in [0.1, 0.15) is 5.69 Å². The minimum Gasteiger partial charge on any atom is -0.496 e. The predicted molar refractivity (Wildman–Crippen MR) is 69.7 cm³/mol. The Bertz CT molecular complexity index is 498. The number of nitrogens with zero attached hydrogens (tertiary/aromatic N) is 1. The maximum absolute atomic E-state index is 5.60. The van der Waals surface area contributed by atoms with E-state index in [0.717, 1.165) is 25.8 Å². The highest BCUT2D eigenvalue weighted by Crippen LogP contribution is 2.36. The van der Waals surface area contributed by atoms with Crippen LogP contribution in [0.5, 0.6) is 5.75 Å². The summed E-state index contributed by atoms with van der Waals surface area (Å²) in [7, 11) is 1.66. The molecule has 0 radical (unpaired) electrons. The number of hydrogen-bond acceptors (Lipinski definition) is 4. The van der Waals surface area contributed by atoms with Crippen LogP contribution in [0.3, 0.4) is 0 Å². The number of thiazole rings is 1. The fraction of sp³-hybridized carbons (Fsp3) is 0.182. The van der Waals surface area contributed by atoms with Gasteiger partial charge in [0.25, 0.3) is 0 Å². The number of para-hydroxylation sites is 1. The first-order valence-corrected chi connectivity index (χ1v) is 6.36. The number of rotatable bonds is 3. The van der Waals surface area contributed by atoms with Crippen molar-refractivity contribution in [2.45, 2.75) is 6.54 Å². The van der Waals surface area contributed by atoms with Gasteiger partial charge in [0.05, 0.1) is 22.2 Å². The van der Waals surface area contributed by atoms with E-state index >= 15 is 0 Å². The molecule has 1 heterocycles. The van der Waals surface area contributed by atoms with Crippen molar-refractivity contribution in [1.29, 1.82) is 0 Å². The van der Waals surface area contributed by atoms with Gasteiger partial charge in [0.15, 0.2) is 0 Å². The first-order chi connectivity index (χ1) is 7.76. The third-order valence-corrected chi connectivity index (χ3v) is 4.04. The fourth-order valence-corrected chi connectivity index (χ4v) is 2.96. The van der Waals surface area contributed by atoms with E-state index in [9.17, 15) is 0 Å². The van der Waals surface area contributed by atoms with Crippen molar-refractivity contribution in [3.05, 3.63) is 33.7 Å². The Balaban J connectivity index is 2.49. The van der Waals surface area contributed by atoms with Crippen LogP contribution in [-0.4, -0.2) is 12.1 Å². The Kier molecular flexibility index (Phi) is 3.58. The van der Waals surface area contributed by atoms with Crippen LogP contribution in [0.15, 0.2) is 28.1 Å². The second-order valence-corrected chi connectivity index (χ2v) is 5.46. The maximum atomic E-state index is 5.60. The predicted octanol–water partition coefficient (Wildman–Crippen LogP) is 3.04. The van der Waals surface area contributed by atoms with E-state index in [1.165, 1.54) is 0 Å². The van der Waals surface area contributed by atoms with Crippen LogP contribution in [0.4, 0.5) is 0 Å². The summed E-state index contributed by atoms with van der Waals surface area (Å²) in [5.41, 5.74) is 7.47. The van der Waals surface area contributed by atoms with E-state index < -0.39 is 0 Å². The van der Waals surface area contributed by atoms with Crippen molar-refractivity contribution in [1.82, 2.24) is 4.98 Å². The van der Waals surface area contributed by atoms with Crippen molar-refractivity contribution >= 4 is 27.3 Å². The molecule has 5 heteroatoms. The van der Waals surface area contributed by atoms with Gasteiger partial charge < -0.3 is 10.5 Å². The topological polar surface area (TPSA) is 48.1 Å². The average Bonchev–Trinajstić information content (AvgIpc) is 2.70. The van der Waals surface area contributed by atoms with Gasteiger partial charge in [-0.05, 0) is 28.1 Å². The summed E-state index contributed by atoms with van der Waals surface area (Å²) in [5.74, 6) is 0.826. The number of ether oxygens (including phenoxy) is 1. The lowest BCUT2D eigenvalue weighted by Crippen LogP contribution is -1.97. The van der Waals surface area contributed by atoms with Crippen molar-refractivity contribution in [2.24, 2.45) is 5.73 Å². The zero-order valence-electron chi connectivity index (χ0n) is 8.74. The van der Waals surface area contributed by atoms with Gasteiger partial charge in [-0.3, -0.25) is 0 Å². The molecule has 2 rings (SSSR count). The van der Waals surface area contributed by atoms with Gasteiger partial charge in [-0.15, -0.1) is 11.3 Å². The molecule has 0 fully saturated rings. The number of hydrogen-bond donors (Lipinski definition) is 1. The molecule has 2 aromatic rings. The second-order valence-electron chi connectivity index (χ2n) is 3.14. The first-order valence-electron chi connectivity index (χ1n) is 4.75. The lowest BCUT2D eigenvalue weighted by atomic mass is 10.2. The van der Waals surface area contributed by atoms with E-state index in [2.05, 4.69) is 20.9 Å². The van der Waals surface area contributed by atoms with Crippen LogP contribution >= 0.6 is 27.3 Å². The lowest BCUT2D eigenvalue weighted by molar-refractivity contribution is 0.416. The zero-order valence-corrected chi connectivity index (χ0v) is 11.1. The molecule has 16 heavy (non-hydrogen) atoms. The highest BCUT2D eigenvalue weighted by molar-refractivity contribution is 9.11. The van der Waals surface area contributed by atoms with E-state index in [1.54, 1.807) is 18.4 Å². The number of aromatic nitrogens is 1. The molecule has 0 aliphatic carbocycles. The van der Waals surface area contributed by atoms with Gasteiger partial charge >= 0.3 is 0 Å². The van der Waals surface area contributed by atoms with Gasteiger partial charge in [0, 0.05) is 6.54 Å². The number of halogens is 1. The highest BCUT2D eigenvalue weighted by atomic mass is 79.9. The molecular formula is C11H11BrN2OS. The van der Waals surface area contributed by atoms with E-state index in [1.807, 2.05) is 24.3 Å². The minimum absolute atomic E-state index is 0.437. The number of nitrogens with two attached hydrogens (primary N) is 1. The summed E-state index contributed by atoms with van der Waals surface area (Å²) in [5, 5.41) is 0.921. The van der Waals surface area contributed by atoms with E-state index in [4.69, 9.17) is 10.5 Å². The molecule has 3 nitrogen and oxygen atoms in total. The standard InChI is InChI=1S/C11H11BrN2OS/c1-15-9-5-3-2-4-7(9)11-14-8(6-13)10(12)16-11/h2-5H,6,13H2,1H3. The Labute approximate surface area is 106 Å². The molecule has 0 bridgehead atoms. The van der Waals surface area contributed by atoms with E-state index in [0.29, 0.717) is 6.54 Å². The highest BCUT2D eigenvalue weighted by Gasteiger charge is 2.12. The Hall–Kier alpha value is -0.910. The van der Waals surface area contributed by atoms with Gasteiger partial charge in [-0.1, -0.05) is 12.1 Å². The van der Waals surface area contributed by atoms with Crippen LogP contribution in [0.25, 0.3) is 10.6 Å². The third-order valence-electron chi connectivity index (χ3n) is 2.18. The molecule has 84 valence electrons. The summed E-state index contributed by atoms with van der Waals surface area (Å²) < 4.78 is 6.28. The maximum Gasteiger partial charge on any atom is 0.129 e. The quantitative estimate of drug-likeness (QED) is 0.947. The minimum atomic E-state index is 0.437. The second kappa shape index (κ2) is 4.95. The van der Waals surface area contributed by atoms with Crippen LogP contribution < -0.4 is 10.5 Å². The molecule has 2 N–H and O–H groups in total. The smallest absolute Gasteiger partial charge is 0.129 e. The molecule has 0 aliphatic heterocycles. The summed E-state index contributed by atoms with van der Waals surface area (Å²) in [6.07, 6.45) is 0. The summed E-state index contributed by atoms with van der Waals surface area (Å²) in [6, 6.07) is 7.82. The fourth-order valence-electron chi connectivity index (χ4n) is 1.40. The molecule has 0 saturated carbocycles. The lowest BCUT2D eigenvalue weighted by Gasteiger charge is -2.04. The third kappa shape index (κ3) is 2.11. The molecule has 0 spiro atoms. The Morgan fingerprint density at radius 2 is 2.19 bits per heavy atom. The van der Waals surface area contributed by atoms with Crippen LogP contribution in [0.2, 0.25) is 0 Å².